The number of ether oxygens (including phenoxy) is 1. The number of hydrogen-bond donors (Lipinski definition) is 3. The molecule has 1 aliphatic rings. The number of aryl methyl sites for hydroxylation is 1. The highest BCUT2D eigenvalue weighted by Crippen LogP contribution is 2.27. The number of carbonyl (C=O) groups is 2. The van der Waals surface area contributed by atoms with E-state index in [0.29, 0.717) is 24.4 Å². The average Bonchev–Trinajstić information content (AvgIpc) is 2.79. The van der Waals surface area contributed by atoms with Crippen molar-refractivity contribution in [1.29, 1.82) is 0 Å². The van der Waals surface area contributed by atoms with Crippen LogP contribution in [-0.2, 0) is 11.2 Å². The van der Waals surface area contributed by atoms with E-state index in [4.69, 9.17) is 4.74 Å². The molecule has 0 spiro atoms. The van der Waals surface area contributed by atoms with Crippen molar-refractivity contribution >= 4 is 29.0 Å². The van der Waals surface area contributed by atoms with Crippen molar-refractivity contribution in [2.75, 3.05) is 48.9 Å². The van der Waals surface area contributed by atoms with Gasteiger partial charge >= 0.3 is 6.03 Å². The van der Waals surface area contributed by atoms with E-state index in [2.05, 4.69) is 27.8 Å². The van der Waals surface area contributed by atoms with E-state index in [1.54, 1.807) is 13.2 Å². The monoisotopic (exact) mass is 424 g/mol. The van der Waals surface area contributed by atoms with Gasteiger partial charge in [-0.3, -0.25) is 4.79 Å². The normalized spacial score (nSPS) is 13.5. The first kappa shape index (κ1) is 22.6. The zero-order valence-electron chi connectivity index (χ0n) is 18.4. The molecule has 0 unspecified atom stereocenters. The van der Waals surface area contributed by atoms with Crippen LogP contribution in [0.1, 0.15) is 42.1 Å². The van der Waals surface area contributed by atoms with Crippen molar-refractivity contribution in [2.45, 2.75) is 32.6 Å². The van der Waals surface area contributed by atoms with Crippen LogP contribution < -0.4 is 20.9 Å². The van der Waals surface area contributed by atoms with Crippen molar-refractivity contribution in [3.05, 3.63) is 53.6 Å². The standard InChI is InChI=1S/C24H32N4O3/c1-3-18-8-7-9-19(16-18)26-24(30)27-20-10-11-22(28-13-5-4-6-14-28)21(17-20)23(29)25-12-15-31-2/h7-11,16-17H,3-6,12-15H2,1-2H3,(H,25,29)(H2,26,27,30). The second-order valence-corrected chi connectivity index (χ2v) is 7.66. The molecule has 0 saturated carbocycles. The van der Waals surface area contributed by atoms with E-state index in [9.17, 15) is 9.59 Å². The van der Waals surface area contributed by atoms with Gasteiger partial charge in [-0.2, -0.15) is 0 Å². The molecular weight excluding hydrogens is 392 g/mol. The van der Waals surface area contributed by atoms with Crippen molar-refractivity contribution in [1.82, 2.24) is 5.32 Å². The van der Waals surface area contributed by atoms with Gasteiger partial charge in [-0.25, -0.2) is 4.79 Å². The van der Waals surface area contributed by atoms with Gasteiger partial charge in [0.05, 0.1) is 12.2 Å². The summed E-state index contributed by atoms with van der Waals surface area (Å²) < 4.78 is 5.03. The molecule has 0 aromatic heterocycles. The lowest BCUT2D eigenvalue weighted by Crippen LogP contribution is -2.33. The van der Waals surface area contributed by atoms with E-state index < -0.39 is 0 Å². The molecule has 0 radical (unpaired) electrons. The molecule has 0 atom stereocenters. The van der Waals surface area contributed by atoms with Gasteiger partial charge in [0.1, 0.15) is 0 Å². The van der Waals surface area contributed by atoms with Crippen LogP contribution in [0, 0.1) is 0 Å². The molecule has 0 bridgehead atoms. The minimum atomic E-state index is -0.343. The van der Waals surface area contributed by atoms with E-state index in [0.717, 1.165) is 49.3 Å². The summed E-state index contributed by atoms with van der Waals surface area (Å²) in [7, 11) is 1.60. The molecule has 1 saturated heterocycles. The molecule has 7 nitrogen and oxygen atoms in total. The van der Waals surface area contributed by atoms with Crippen molar-refractivity contribution in [3.63, 3.8) is 0 Å². The summed E-state index contributed by atoms with van der Waals surface area (Å²) in [6.07, 6.45) is 4.34. The van der Waals surface area contributed by atoms with Crippen LogP contribution in [0.5, 0.6) is 0 Å². The van der Waals surface area contributed by atoms with Crippen LogP contribution in [0.2, 0.25) is 0 Å². The number of piperidine rings is 1. The predicted octanol–water partition coefficient (Wildman–Crippen LogP) is 4.26. The average molecular weight is 425 g/mol. The third kappa shape index (κ3) is 6.46. The minimum absolute atomic E-state index is 0.169. The van der Waals surface area contributed by atoms with Crippen LogP contribution in [0.25, 0.3) is 0 Å². The van der Waals surface area contributed by atoms with Crippen LogP contribution in [0.15, 0.2) is 42.5 Å². The van der Waals surface area contributed by atoms with Crippen LogP contribution >= 0.6 is 0 Å². The number of carbonyl (C=O) groups excluding carboxylic acids is 2. The lowest BCUT2D eigenvalue weighted by molar-refractivity contribution is 0.0937. The van der Waals surface area contributed by atoms with Crippen LogP contribution in [-0.4, -0.2) is 45.3 Å². The highest BCUT2D eigenvalue weighted by atomic mass is 16.5. The van der Waals surface area contributed by atoms with E-state index in [-0.39, 0.29) is 11.9 Å². The third-order valence-electron chi connectivity index (χ3n) is 5.38. The largest absolute Gasteiger partial charge is 0.383 e. The summed E-state index contributed by atoms with van der Waals surface area (Å²) in [4.78, 5) is 27.6. The molecule has 3 N–H and O–H groups in total. The number of methoxy groups -OCH3 is 1. The van der Waals surface area contributed by atoms with Crippen molar-refractivity contribution < 1.29 is 14.3 Å². The topological polar surface area (TPSA) is 82.7 Å². The number of benzene rings is 2. The first-order chi connectivity index (χ1) is 15.1. The van der Waals surface area contributed by atoms with E-state index in [1.165, 1.54) is 6.42 Å². The zero-order valence-corrected chi connectivity index (χ0v) is 18.4. The summed E-state index contributed by atoms with van der Waals surface area (Å²) in [5.74, 6) is -0.169. The first-order valence-corrected chi connectivity index (χ1v) is 10.9. The number of nitrogens with one attached hydrogen (secondary N) is 3. The minimum Gasteiger partial charge on any atom is -0.383 e. The highest BCUT2D eigenvalue weighted by molar-refractivity contribution is 6.04. The van der Waals surface area contributed by atoms with Crippen molar-refractivity contribution in [3.8, 4) is 0 Å². The molecule has 7 heteroatoms. The number of rotatable bonds is 8. The molecule has 0 aliphatic carbocycles. The molecule has 1 heterocycles. The molecule has 31 heavy (non-hydrogen) atoms. The maximum absolute atomic E-state index is 12.9. The van der Waals surface area contributed by atoms with Crippen LogP contribution in [0.4, 0.5) is 21.9 Å². The second kappa shape index (κ2) is 11.4. The number of hydrogen-bond acceptors (Lipinski definition) is 4. The third-order valence-corrected chi connectivity index (χ3v) is 5.38. The Balaban J connectivity index is 1.75. The molecule has 2 aromatic rings. The molecule has 3 amide bonds. The fourth-order valence-corrected chi connectivity index (χ4v) is 3.73. The first-order valence-electron chi connectivity index (χ1n) is 10.9. The van der Waals surface area contributed by atoms with Crippen molar-refractivity contribution in [2.24, 2.45) is 0 Å². The fourth-order valence-electron chi connectivity index (χ4n) is 3.73. The number of anilines is 3. The van der Waals surface area contributed by atoms with E-state index in [1.807, 2.05) is 36.4 Å². The summed E-state index contributed by atoms with van der Waals surface area (Å²) in [6.45, 7) is 4.81. The Hall–Kier alpha value is -3.06. The summed E-state index contributed by atoms with van der Waals surface area (Å²) in [5.41, 5.74) is 3.92. The molecule has 1 aliphatic heterocycles. The summed E-state index contributed by atoms with van der Waals surface area (Å²) in [5, 5.41) is 8.60. The Bertz CT molecular complexity index is 894. The summed E-state index contributed by atoms with van der Waals surface area (Å²) in [6, 6.07) is 12.9. The maximum atomic E-state index is 12.9. The molecule has 3 rings (SSSR count). The van der Waals surface area contributed by atoms with Gasteiger partial charge in [0.2, 0.25) is 0 Å². The predicted molar refractivity (Wildman–Crippen MR) is 125 cm³/mol. The van der Waals surface area contributed by atoms with Gasteiger partial charge in [0.25, 0.3) is 5.91 Å². The van der Waals surface area contributed by atoms with Gasteiger partial charge in [0, 0.05) is 43.8 Å². The summed E-state index contributed by atoms with van der Waals surface area (Å²) >= 11 is 0. The fraction of sp³-hybridized carbons (Fsp3) is 0.417. The number of urea groups is 1. The quantitative estimate of drug-likeness (QED) is 0.553. The Morgan fingerprint density at radius 2 is 1.74 bits per heavy atom. The lowest BCUT2D eigenvalue weighted by Gasteiger charge is -2.30. The SMILES string of the molecule is CCc1cccc(NC(=O)Nc2ccc(N3CCCCC3)c(C(=O)NCCOC)c2)c1. The zero-order chi connectivity index (χ0) is 22.1. The van der Waals surface area contributed by atoms with Gasteiger partial charge < -0.3 is 25.6 Å². The lowest BCUT2D eigenvalue weighted by atomic mass is 10.1. The maximum Gasteiger partial charge on any atom is 0.323 e. The molecule has 1 fully saturated rings. The highest BCUT2D eigenvalue weighted by Gasteiger charge is 2.19. The smallest absolute Gasteiger partial charge is 0.323 e. The van der Waals surface area contributed by atoms with E-state index >= 15 is 0 Å². The van der Waals surface area contributed by atoms with Gasteiger partial charge in [-0.1, -0.05) is 19.1 Å². The second-order valence-electron chi connectivity index (χ2n) is 7.66. The number of amides is 3. The molecular formula is C24H32N4O3. The Morgan fingerprint density at radius 1 is 1.00 bits per heavy atom. The number of nitrogens with zero attached hydrogens (tertiary/aromatic N) is 1. The van der Waals surface area contributed by atoms with Gasteiger partial charge in [-0.05, 0) is 61.6 Å². The van der Waals surface area contributed by atoms with Gasteiger partial charge in [-0.15, -0.1) is 0 Å². The Kier molecular flexibility index (Phi) is 8.29. The molecule has 166 valence electrons. The molecule has 2 aromatic carbocycles. The van der Waals surface area contributed by atoms with Crippen LogP contribution in [0.3, 0.4) is 0 Å². The van der Waals surface area contributed by atoms with Gasteiger partial charge in [0.15, 0.2) is 0 Å². The Morgan fingerprint density at radius 3 is 2.45 bits per heavy atom. The Labute approximate surface area is 184 Å².